The number of carbonyl (C=O) groups is 2. The lowest BCUT2D eigenvalue weighted by Gasteiger charge is -2.30. The van der Waals surface area contributed by atoms with Gasteiger partial charge >= 0.3 is 5.97 Å². The van der Waals surface area contributed by atoms with E-state index in [9.17, 15) is 14.5 Å². The normalized spacial score (nSPS) is 19.1. The zero-order chi connectivity index (χ0) is 26.2. The van der Waals surface area contributed by atoms with E-state index in [1.807, 2.05) is 36.4 Å². The molecule has 0 spiro atoms. The smallest absolute Gasteiger partial charge is 0.312 e. The highest BCUT2D eigenvalue weighted by Crippen LogP contribution is 2.53. The number of ketones is 1. The number of oxime groups is 1. The number of nitrogens with zero attached hydrogens (tertiary/aromatic N) is 2. The Kier molecular flexibility index (Phi) is 6.59. The van der Waals surface area contributed by atoms with Gasteiger partial charge in [0.05, 0.1) is 5.56 Å². The second-order valence-corrected chi connectivity index (χ2v) is 10.2. The molecule has 0 amide bonds. The summed E-state index contributed by atoms with van der Waals surface area (Å²) in [5.74, 6) is 0.0621. The predicted molar refractivity (Wildman–Crippen MR) is 144 cm³/mol. The molecule has 6 nitrogen and oxygen atoms in total. The number of carbonyl (C=O) groups excluding carboxylic acids is 2. The quantitative estimate of drug-likeness (QED) is 0.101. The maximum absolute atomic E-state index is 13.7. The number of rotatable bonds is 9. The minimum Gasteiger partial charge on any atom is -0.312 e. The molecule has 1 saturated carbocycles. The van der Waals surface area contributed by atoms with Crippen LogP contribution in [-0.4, -0.2) is 17.5 Å². The van der Waals surface area contributed by atoms with Gasteiger partial charge in [0.2, 0.25) is 5.78 Å². The molecule has 2 aliphatic carbocycles. The molecule has 0 aliphatic heterocycles. The average molecular weight is 495 g/mol. The van der Waals surface area contributed by atoms with Crippen LogP contribution < -0.4 is 0 Å². The lowest BCUT2D eigenvalue weighted by atomic mass is 9.73. The Bertz CT molecular complexity index is 1410. The molecule has 2 atom stereocenters. The van der Waals surface area contributed by atoms with Gasteiger partial charge in [-0.3, -0.25) is 4.79 Å². The van der Waals surface area contributed by atoms with E-state index in [1.54, 1.807) is 30.3 Å². The topological polar surface area (TPSA) is 85.2 Å². The van der Waals surface area contributed by atoms with Crippen LogP contribution in [0.1, 0.15) is 78.3 Å². The number of fused-ring (bicyclic) bond motifs is 3. The van der Waals surface area contributed by atoms with E-state index in [0.29, 0.717) is 35.1 Å². The SMILES string of the molecule is CCC1(CC)c2cc(N=O)ccc2-c2ccc(C(=O)/C(CC3CC3C)=N/OC(=O)c3ccccc3)cc21. The van der Waals surface area contributed by atoms with Crippen molar-refractivity contribution in [2.75, 3.05) is 0 Å². The Balaban J connectivity index is 1.50. The first kappa shape index (κ1) is 24.8. The summed E-state index contributed by atoms with van der Waals surface area (Å²) in [5, 5.41) is 7.24. The van der Waals surface area contributed by atoms with Gasteiger partial charge in [-0.05, 0) is 88.9 Å². The van der Waals surface area contributed by atoms with E-state index < -0.39 is 5.97 Å². The van der Waals surface area contributed by atoms with Crippen LogP contribution in [0.3, 0.4) is 0 Å². The molecule has 0 heterocycles. The van der Waals surface area contributed by atoms with Gasteiger partial charge in [-0.1, -0.05) is 62.3 Å². The van der Waals surface area contributed by atoms with Gasteiger partial charge in [0.25, 0.3) is 0 Å². The summed E-state index contributed by atoms with van der Waals surface area (Å²) in [6.07, 6.45) is 3.14. The molecule has 37 heavy (non-hydrogen) atoms. The van der Waals surface area contributed by atoms with E-state index in [0.717, 1.165) is 41.5 Å². The van der Waals surface area contributed by atoms with Crippen molar-refractivity contribution in [2.45, 2.75) is 51.9 Å². The highest BCUT2D eigenvalue weighted by molar-refractivity contribution is 6.46. The predicted octanol–water partition coefficient (Wildman–Crippen LogP) is 7.61. The molecule has 0 N–H and O–H groups in total. The number of nitroso groups, excluding NO2 is 1. The van der Waals surface area contributed by atoms with E-state index in [2.05, 4.69) is 31.1 Å². The molecule has 0 saturated heterocycles. The van der Waals surface area contributed by atoms with Crippen molar-refractivity contribution in [2.24, 2.45) is 22.2 Å². The standard InChI is InChI=1S/C31H30N2O4/c1-4-31(5-2)26-16-21(11-13-24(26)25-14-12-23(32-36)18-27(25)31)29(34)28(17-22-15-19(22)3)33-37-30(35)20-9-7-6-8-10-20/h6-14,16,18-19,22H,4-5,15,17H2,1-3H3/b33-28+. The van der Waals surface area contributed by atoms with Crippen LogP contribution in [-0.2, 0) is 10.3 Å². The second kappa shape index (κ2) is 9.85. The average Bonchev–Trinajstić information content (AvgIpc) is 3.57. The molecular weight excluding hydrogens is 464 g/mol. The molecule has 0 bridgehead atoms. The van der Waals surface area contributed by atoms with Crippen LogP contribution in [0.15, 0.2) is 77.1 Å². The van der Waals surface area contributed by atoms with E-state index >= 15 is 0 Å². The Labute approximate surface area is 216 Å². The molecule has 0 aromatic heterocycles. The van der Waals surface area contributed by atoms with E-state index in [1.165, 1.54) is 0 Å². The van der Waals surface area contributed by atoms with Gasteiger partial charge in [0.1, 0.15) is 11.4 Å². The second-order valence-electron chi connectivity index (χ2n) is 10.2. The third-order valence-electron chi connectivity index (χ3n) is 8.16. The molecule has 5 rings (SSSR count). The van der Waals surface area contributed by atoms with Gasteiger partial charge in [-0.15, -0.1) is 4.91 Å². The summed E-state index contributed by atoms with van der Waals surface area (Å²) < 4.78 is 0. The summed E-state index contributed by atoms with van der Waals surface area (Å²) in [5.41, 5.74) is 5.54. The van der Waals surface area contributed by atoms with Gasteiger partial charge < -0.3 is 4.84 Å². The summed E-state index contributed by atoms with van der Waals surface area (Å²) in [7, 11) is 0. The van der Waals surface area contributed by atoms with Gasteiger partial charge in [0.15, 0.2) is 0 Å². The third kappa shape index (κ3) is 4.41. The summed E-state index contributed by atoms with van der Waals surface area (Å²) >= 11 is 0. The molecule has 2 unspecified atom stereocenters. The highest BCUT2D eigenvalue weighted by atomic mass is 16.7. The lowest BCUT2D eigenvalue weighted by molar-refractivity contribution is 0.0514. The fourth-order valence-electron chi connectivity index (χ4n) is 5.69. The maximum atomic E-state index is 13.7. The van der Waals surface area contributed by atoms with Gasteiger partial charge in [-0.2, -0.15) is 0 Å². The van der Waals surface area contributed by atoms with Crippen LogP contribution in [0, 0.1) is 16.7 Å². The van der Waals surface area contributed by atoms with E-state index in [-0.39, 0.29) is 16.9 Å². The number of benzene rings is 3. The maximum Gasteiger partial charge on any atom is 0.365 e. The minimum absolute atomic E-state index is 0.227. The zero-order valence-electron chi connectivity index (χ0n) is 21.4. The van der Waals surface area contributed by atoms with Crippen LogP contribution in [0.5, 0.6) is 0 Å². The van der Waals surface area contributed by atoms with Gasteiger partial charge in [0, 0.05) is 17.4 Å². The molecule has 6 heteroatoms. The minimum atomic E-state index is -0.588. The largest absolute Gasteiger partial charge is 0.365 e. The molecule has 1 fully saturated rings. The molecule has 188 valence electrons. The van der Waals surface area contributed by atoms with Crippen molar-refractivity contribution < 1.29 is 14.4 Å². The van der Waals surface area contributed by atoms with E-state index in [4.69, 9.17) is 4.84 Å². The van der Waals surface area contributed by atoms with Crippen LogP contribution >= 0.6 is 0 Å². The third-order valence-corrected chi connectivity index (χ3v) is 8.16. The van der Waals surface area contributed by atoms with Crippen LogP contribution in [0.4, 0.5) is 5.69 Å². The Morgan fingerprint density at radius 3 is 2.19 bits per heavy atom. The fourth-order valence-corrected chi connectivity index (χ4v) is 5.69. The Hall–Kier alpha value is -3.93. The van der Waals surface area contributed by atoms with Crippen molar-refractivity contribution in [1.29, 1.82) is 0 Å². The fraction of sp³-hybridized carbons (Fsp3) is 0.323. The van der Waals surface area contributed by atoms with Crippen molar-refractivity contribution in [3.05, 3.63) is 93.9 Å². The van der Waals surface area contributed by atoms with Crippen LogP contribution in [0.25, 0.3) is 11.1 Å². The van der Waals surface area contributed by atoms with Crippen molar-refractivity contribution in [3.63, 3.8) is 0 Å². The Morgan fingerprint density at radius 1 is 0.919 bits per heavy atom. The number of hydrogen-bond acceptors (Lipinski definition) is 6. The summed E-state index contributed by atoms with van der Waals surface area (Å²) in [4.78, 5) is 42.7. The number of Topliss-reactive ketones (excluding diaryl/α,β-unsaturated/α-hetero) is 1. The number of hydrogen-bond donors (Lipinski definition) is 0. The summed E-state index contributed by atoms with van der Waals surface area (Å²) in [6, 6.07) is 20.0. The highest BCUT2D eigenvalue weighted by Gasteiger charge is 2.41. The first-order chi connectivity index (χ1) is 17.9. The lowest BCUT2D eigenvalue weighted by Crippen LogP contribution is -2.24. The molecular formula is C31H30N2O4. The summed E-state index contributed by atoms with van der Waals surface area (Å²) in [6.45, 7) is 6.40. The first-order valence-corrected chi connectivity index (χ1v) is 12.9. The van der Waals surface area contributed by atoms with Crippen molar-refractivity contribution >= 4 is 23.2 Å². The molecule has 0 radical (unpaired) electrons. The van der Waals surface area contributed by atoms with Gasteiger partial charge in [-0.25, -0.2) is 4.79 Å². The zero-order valence-corrected chi connectivity index (χ0v) is 21.4. The molecule has 3 aromatic rings. The monoisotopic (exact) mass is 494 g/mol. The molecule has 2 aliphatic rings. The first-order valence-electron chi connectivity index (χ1n) is 12.9. The Morgan fingerprint density at radius 2 is 1.57 bits per heavy atom. The van der Waals surface area contributed by atoms with Crippen molar-refractivity contribution in [1.82, 2.24) is 0 Å². The molecule has 3 aromatic carbocycles. The van der Waals surface area contributed by atoms with Crippen LogP contribution in [0.2, 0.25) is 0 Å². The van der Waals surface area contributed by atoms with Crippen molar-refractivity contribution in [3.8, 4) is 11.1 Å².